The van der Waals surface area contributed by atoms with E-state index in [1.807, 2.05) is 6.07 Å². The van der Waals surface area contributed by atoms with Gasteiger partial charge in [0.1, 0.15) is 10.6 Å². The first-order chi connectivity index (χ1) is 11.2. The van der Waals surface area contributed by atoms with E-state index in [0.717, 1.165) is 37.0 Å². The van der Waals surface area contributed by atoms with Gasteiger partial charge in [0.25, 0.3) is 5.91 Å². The fraction of sp³-hybridized carbons (Fsp3) is 0.471. The number of hydrogen-bond donors (Lipinski definition) is 0. The third-order valence-corrected chi connectivity index (χ3v) is 5.14. The minimum Gasteiger partial charge on any atom is -0.493 e. The summed E-state index contributed by atoms with van der Waals surface area (Å²) in [5, 5.41) is 3.82. The standard InChI is InChI=1S/C17H19N3O2S/c1-11-4-7-15-13(9-11)14(3-2-8-22-15)20(12-5-6-12)17(21)16-10-18-19-23-16/h4,7,9-10,12,14H,2-3,5-6,8H2,1H3. The fourth-order valence-electron chi connectivity index (χ4n) is 3.27. The van der Waals surface area contributed by atoms with Crippen molar-refractivity contribution in [2.75, 3.05) is 6.61 Å². The van der Waals surface area contributed by atoms with Gasteiger partial charge in [0.05, 0.1) is 18.8 Å². The predicted molar refractivity (Wildman–Crippen MR) is 87.7 cm³/mol. The number of fused-ring (bicyclic) bond motifs is 1. The van der Waals surface area contributed by atoms with Gasteiger partial charge in [0.15, 0.2) is 0 Å². The van der Waals surface area contributed by atoms with Crippen LogP contribution in [-0.2, 0) is 0 Å². The molecule has 1 fully saturated rings. The predicted octanol–water partition coefficient (Wildman–Crippen LogP) is 3.37. The zero-order valence-electron chi connectivity index (χ0n) is 13.1. The lowest BCUT2D eigenvalue weighted by Gasteiger charge is -2.31. The molecule has 1 saturated carbocycles. The summed E-state index contributed by atoms with van der Waals surface area (Å²) in [6, 6.07) is 6.68. The Kier molecular flexibility index (Phi) is 3.77. The van der Waals surface area contributed by atoms with Gasteiger partial charge < -0.3 is 9.64 Å². The number of aryl methyl sites for hydroxylation is 1. The van der Waals surface area contributed by atoms with Crippen molar-refractivity contribution in [2.45, 2.75) is 44.7 Å². The molecule has 0 radical (unpaired) electrons. The SMILES string of the molecule is Cc1ccc2c(c1)C(N(C(=O)c1cnns1)C1CC1)CCCO2. The van der Waals surface area contributed by atoms with E-state index in [1.54, 1.807) is 6.20 Å². The minimum absolute atomic E-state index is 0.0573. The van der Waals surface area contributed by atoms with Crippen molar-refractivity contribution in [3.8, 4) is 5.75 Å². The molecule has 1 aliphatic heterocycles. The van der Waals surface area contributed by atoms with Gasteiger partial charge in [-0.2, -0.15) is 0 Å². The second kappa shape index (κ2) is 5.92. The number of rotatable bonds is 3. The molecule has 0 saturated heterocycles. The highest BCUT2D eigenvalue weighted by Crippen LogP contribution is 2.42. The second-order valence-electron chi connectivity index (χ2n) is 6.27. The minimum atomic E-state index is 0.0573. The molecule has 0 N–H and O–H groups in total. The van der Waals surface area contributed by atoms with Crippen molar-refractivity contribution in [2.24, 2.45) is 0 Å². The summed E-state index contributed by atoms with van der Waals surface area (Å²) in [5.74, 6) is 0.973. The molecule has 1 aliphatic carbocycles. The Labute approximate surface area is 139 Å². The van der Waals surface area contributed by atoms with E-state index in [2.05, 4.69) is 33.5 Å². The summed E-state index contributed by atoms with van der Waals surface area (Å²) in [7, 11) is 0. The average molecular weight is 329 g/mol. The van der Waals surface area contributed by atoms with Crippen LogP contribution in [0.4, 0.5) is 0 Å². The molecular formula is C17H19N3O2S. The molecule has 1 aromatic heterocycles. The molecule has 23 heavy (non-hydrogen) atoms. The molecule has 1 atom stereocenters. The normalized spacial score (nSPS) is 20.3. The summed E-state index contributed by atoms with van der Waals surface area (Å²) in [6.07, 6.45) is 5.63. The van der Waals surface area contributed by atoms with Gasteiger partial charge in [0.2, 0.25) is 0 Å². The van der Waals surface area contributed by atoms with Crippen LogP contribution in [0, 0.1) is 6.92 Å². The van der Waals surface area contributed by atoms with E-state index in [4.69, 9.17) is 4.74 Å². The maximum Gasteiger partial charge on any atom is 0.267 e. The Morgan fingerprint density at radius 2 is 2.22 bits per heavy atom. The smallest absolute Gasteiger partial charge is 0.267 e. The van der Waals surface area contributed by atoms with Crippen LogP contribution in [0.2, 0.25) is 0 Å². The summed E-state index contributed by atoms with van der Waals surface area (Å²) < 4.78 is 9.74. The number of carbonyl (C=O) groups is 1. The average Bonchev–Trinajstić information content (AvgIpc) is 3.27. The molecule has 0 bridgehead atoms. The molecule has 2 aliphatic rings. The Bertz CT molecular complexity index is 713. The van der Waals surface area contributed by atoms with Gasteiger partial charge in [-0.3, -0.25) is 4.79 Å². The third-order valence-electron chi connectivity index (χ3n) is 4.49. The van der Waals surface area contributed by atoms with E-state index in [1.165, 1.54) is 17.1 Å². The molecule has 2 aromatic rings. The van der Waals surface area contributed by atoms with Gasteiger partial charge in [-0.15, -0.1) is 5.10 Å². The number of aromatic nitrogens is 2. The van der Waals surface area contributed by atoms with Crippen molar-refractivity contribution in [1.82, 2.24) is 14.5 Å². The first kappa shape index (κ1) is 14.6. The van der Waals surface area contributed by atoms with Crippen LogP contribution in [0.5, 0.6) is 5.75 Å². The highest BCUT2D eigenvalue weighted by Gasteiger charge is 2.40. The van der Waals surface area contributed by atoms with Crippen LogP contribution >= 0.6 is 11.5 Å². The van der Waals surface area contributed by atoms with Crippen molar-refractivity contribution in [3.63, 3.8) is 0 Å². The molecule has 1 unspecified atom stereocenters. The largest absolute Gasteiger partial charge is 0.493 e. The molecule has 4 rings (SSSR count). The molecule has 5 nitrogen and oxygen atoms in total. The number of amides is 1. The molecule has 6 heteroatoms. The Morgan fingerprint density at radius 1 is 1.35 bits per heavy atom. The Hall–Kier alpha value is -1.95. The highest BCUT2D eigenvalue weighted by atomic mass is 32.1. The maximum absolute atomic E-state index is 13.0. The van der Waals surface area contributed by atoms with Gasteiger partial charge in [-0.05, 0) is 50.2 Å². The summed E-state index contributed by atoms with van der Waals surface area (Å²) in [4.78, 5) is 15.7. The Morgan fingerprint density at radius 3 is 2.96 bits per heavy atom. The van der Waals surface area contributed by atoms with Crippen LogP contribution in [0.15, 0.2) is 24.4 Å². The van der Waals surface area contributed by atoms with Crippen LogP contribution in [0.25, 0.3) is 0 Å². The third kappa shape index (κ3) is 2.83. The molecule has 1 aromatic carbocycles. The van der Waals surface area contributed by atoms with Crippen LogP contribution in [-0.4, -0.2) is 33.0 Å². The van der Waals surface area contributed by atoms with Crippen molar-refractivity contribution < 1.29 is 9.53 Å². The fourth-order valence-corrected chi connectivity index (χ4v) is 3.73. The monoisotopic (exact) mass is 329 g/mol. The second-order valence-corrected chi connectivity index (χ2v) is 7.06. The van der Waals surface area contributed by atoms with Gasteiger partial charge in [-0.1, -0.05) is 22.2 Å². The van der Waals surface area contributed by atoms with Gasteiger partial charge >= 0.3 is 0 Å². The van der Waals surface area contributed by atoms with E-state index in [9.17, 15) is 4.79 Å². The molecule has 1 amide bonds. The van der Waals surface area contributed by atoms with Gasteiger partial charge in [-0.25, -0.2) is 0 Å². The zero-order valence-corrected chi connectivity index (χ0v) is 13.9. The van der Waals surface area contributed by atoms with E-state index < -0.39 is 0 Å². The Balaban J connectivity index is 1.74. The summed E-state index contributed by atoms with van der Waals surface area (Å²) in [5.41, 5.74) is 2.34. The van der Waals surface area contributed by atoms with E-state index >= 15 is 0 Å². The van der Waals surface area contributed by atoms with Crippen LogP contribution in [0.1, 0.15) is 52.5 Å². The van der Waals surface area contributed by atoms with Crippen molar-refractivity contribution in [1.29, 1.82) is 0 Å². The topological polar surface area (TPSA) is 55.3 Å². The highest BCUT2D eigenvalue weighted by molar-refractivity contribution is 7.07. The number of nitrogens with zero attached hydrogens (tertiary/aromatic N) is 3. The lowest BCUT2D eigenvalue weighted by Crippen LogP contribution is -2.36. The van der Waals surface area contributed by atoms with Crippen molar-refractivity contribution >= 4 is 17.4 Å². The molecule has 0 spiro atoms. The zero-order chi connectivity index (χ0) is 15.8. The first-order valence-electron chi connectivity index (χ1n) is 8.07. The van der Waals surface area contributed by atoms with Crippen LogP contribution < -0.4 is 4.74 Å². The quantitative estimate of drug-likeness (QED) is 0.866. The summed E-state index contributed by atoms with van der Waals surface area (Å²) in [6.45, 7) is 2.79. The number of hydrogen-bond acceptors (Lipinski definition) is 5. The van der Waals surface area contributed by atoms with E-state index in [0.29, 0.717) is 17.5 Å². The van der Waals surface area contributed by atoms with Gasteiger partial charge in [0, 0.05) is 11.6 Å². The lowest BCUT2D eigenvalue weighted by molar-refractivity contribution is 0.0652. The molecule has 2 heterocycles. The van der Waals surface area contributed by atoms with Crippen LogP contribution in [0.3, 0.4) is 0 Å². The first-order valence-corrected chi connectivity index (χ1v) is 8.85. The number of carbonyl (C=O) groups excluding carboxylic acids is 1. The number of ether oxygens (including phenoxy) is 1. The molecular weight excluding hydrogens is 310 g/mol. The van der Waals surface area contributed by atoms with Crippen molar-refractivity contribution in [3.05, 3.63) is 40.4 Å². The lowest BCUT2D eigenvalue weighted by atomic mass is 9.98. The maximum atomic E-state index is 13.0. The molecule has 120 valence electrons. The number of benzene rings is 1. The summed E-state index contributed by atoms with van der Waals surface area (Å²) >= 11 is 1.17. The van der Waals surface area contributed by atoms with E-state index in [-0.39, 0.29) is 11.9 Å².